The molecule has 19 heavy (non-hydrogen) atoms. The Morgan fingerprint density at radius 3 is 2.89 bits per heavy atom. The van der Waals surface area contributed by atoms with Gasteiger partial charge in [-0.1, -0.05) is 19.9 Å². The van der Waals surface area contributed by atoms with Crippen molar-refractivity contribution in [1.82, 2.24) is 19.7 Å². The molecule has 5 heteroatoms. The summed E-state index contributed by atoms with van der Waals surface area (Å²) in [6, 6.07) is 6.74. The Hall–Kier alpha value is -1.91. The van der Waals surface area contributed by atoms with Gasteiger partial charge < -0.3 is 5.32 Å². The van der Waals surface area contributed by atoms with Crippen molar-refractivity contribution in [1.29, 1.82) is 0 Å². The quantitative estimate of drug-likeness (QED) is 0.918. The maximum atomic E-state index is 4.62. The molecule has 0 saturated carbocycles. The Morgan fingerprint density at radius 1 is 1.32 bits per heavy atom. The number of pyridine rings is 1. The Bertz CT molecular complexity index is 548. The largest absolute Gasteiger partial charge is 0.352 e. The number of rotatable bonds is 3. The van der Waals surface area contributed by atoms with Gasteiger partial charge in [0.25, 0.3) is 0 Å². The lowest BCUT2D eigenvalue weighted by Gasteiger charge is -2.29. The number of fused-ring (bicyclic) bond motifs is 1. The molecule has 0 amide bonds. The maximum Gasteiger partial charge on any atom is 0.222 e. The highest BCUT2D eigenvalue weighted by atomic mass is 15.4. The molecule has 2 unspecified atom stereocenters. The van der Waals surface area contributed by atoms with Crippen LogP contribution in [0.25, 0.3) is 11.5 Å². The van der Waals surface area contributed by atoms with E-state index in [0.717, 1.165) is 30.9 Å². The Labute approximate surface area is 113 Å². The van der Waals surface area contributed by atoms with Crippen LogP contribution in [0.4, 0.5) is 5.95 Å². The van der Waals surface area contributed by atoms with Crippen LogP contribution >= 0.6 is 0 Å². The number of aromatic nitrogens is 4. The second kappa shape index (κ2) is 4.99. The lowest BCUT2D eigenvalue weighted by molar-refractivity contribution is 0.361. The van der Waals surface area contributed by atoms with Gasteiger partial charge in [-0.15, -0.1) is 5.10 Å². The fraction of sp³-hybridized carbons (Fsp3) is 0.500. The lowest BCUT2D eigenvalue weighted by Crippen LogP contribution is -2.31. The van der Waals surface area contributed by atoms with Gasteiger partial charge in [0, 0.05) is 12.2 Å². The summed E-state index contributed by atoms with van der Waals surface area (Å²) in [4.78, 5) is 8.91. The molecule has 1 aliphatic heterocycles. The summed E-state index contributed by atoms with van der Waals surface area (Å²) < 4.78 is 2.02. The molecule has 3 rings (SSSR count). The smallest absolute Gasteiger partial charge is 0.222 e. The molecule has 0 radical (unpaired) electrons. The van der Waals surface area contributed by atoms with E-state index in [1.807, 2.05) is 22.9 Å². The normalized spacial score (nSPS) is 21.8. The van der Waals surface area contributed by atoms with Crippen molar-refractivity contribution >= 4 is 5.95 Å². The predicted octanol–water partition coefficient (Wildman–Crippen LogP) is 2.89. The van der Waals surface area contributed by atoms with E-state index in [0.29, 0.717) is 17.9 Å². The van der Waals surface area contributed by atoms with Crippen LogP contribution in [0.1, 0.15) is 39.2 Å². The monoisotopic (exact) mass is 257 g/mol. The Balaban J connectivity index is 1.98. The van der Waals surface area contributed by atoms with Crippen molar-refractivity contribution in [2.24, 2.45) is 0 Å². The molecule has 2 aromatic rings. The van der Waals surface area contributed by atoms with E-state index >= 15 is 0 Å². The van der Waals surface area contributed by atoms with E-state index in [9.17, 15) is 0 Å². The third kappa shape index (κ3) is 2.20. The molecule has 0 spiro atoms. The first-order valence-electron chi connectivity index (χ1n) is 6.96. The number of nitrogens with one attached hydrogen (secondary N) is 1. The van der Waals surface area contributed by atoms with Crippen LogP contribution in [0, 0.1) is 0 Å². The highest BCUT2D eigenvalue weighted by molar-refractivity contribution is 5.51. The molecular weight excluding hydrogens is 238 g/mol. The van der Waals surface area contributed by atoms with Crippen molar-refractivity contribution in [3.63, 3.8) is 0 Å². The molecule has 0 aliphatic carbocycles. The van der Waals surface area contributed by atoms with Crippen LogP contribution in [0.15, 0.2) is 24.4 Å². The summed E-state index contributed by atoms with van der Waals surface area (Å²) >= 11 is 0. The van der Waals surface area contributed by atoms with Crippen LogP contribution in [0.3, 0.4) is 0 Å². The highest BCUT2D eigenvalue weighted by Gasteiger charge is 2.27. The van der Waals surface area contributed by atoms with Gasteiger partial charge in [0.1, 0.15) is 5.69 Å². The SMILES string of the molecule is CCC1CC(CC)n2nc(-c3ccccn3)nc2N1. The zero-order valence-electron chi connectivity index (χ0n) is 11.4. The topological polar surface area (TPSA) is 55.6 Å². The van der Waals surface area contributed by atoms with E-state index in [4.69, 9.17) is 0 Å². The van der Waals surface area contributed by atoms with E-state index in [2.05, 4.69) is 34.2 Å². The van der Waals surface area contributed by atoms with Gasteiger partial charge in [-0.3, -0.25) is 4.98 Å². The van der Waals surface area contributed by atoms with E-state index in [1.54, 1.807) is 6.20 Å². The second-order valence-electron chi connectivity index (χ2n) is 4.97. The van der Waals surface area contributed by atoms with Crippen molar-refractivity contribution in [3.8, 4) is 11.5 Å². The van der Waals surface area contributed by atoms with Crippen molar-refractivity contribution in [3.05, 3.63) is 24.4 Å². The van der Waals surface area contributed by atoms with Gasteiger partial charge in [-0.25, -0.2) is 4.68 Å². The third-order valence-electron chi connectivity index (χ3n) is 3.72. The maximum absolute atomic E-state index is 4.62. The van der Waals surface area contributed by atoms with Gasteiger partial charge in [-0.2, -0.15) is 4.98 Å². The van der Waals surface area contributed by atoms with Crippen molar-refractivity contribution in [2.75, 3.05) is 5.32 Å². The minimum Gasteiger partial charge on any atom is -0.352 e. The summed E-state index contributed by atoms with van der Waals surface area (Å²) in [6.07, 6.45) is 5.08. The molecule has 5 nitrogen and oxygen atoms in total. The molecular formula is C14H19N5. The average molecular weight is 257 g/mol. The molecule has 0 fully saturated rings. The fourth-order valence-electron chi connectivity index (χ4n) is 2.56. The Morgan fingerprint density at radius 2 is 2.21 bits per heavy atom. The first-order chi connectivity index (χ1) is 9.31. The van der Waals surface area contributed by atoms with Gasteiger partial charge in [0.05, 0.1) is 6.04 Å². The number of nitrogens with zero attached hydrogens (tertiary/aromatic N) is 4. The Kier molecular flexibility index (Phi) is 3.19. The van der Waals surface area contributed by atoms with E-state index < -0.39 is 0 Å². The molecule has 2 aromatic heterocycles. The van der Waals surface area contributed by atoms with Crippen LogP contribution in [0.2, 0.25) is 0 Å². The van der Waals surface area contributed by atoms with Crippen LogP contribution in [0.5, 0.6) is 0 Å². The number of anilines is 1. The van der Waals surface area contributed by atoms with E-state index in [-0.39, 0.29) is 0 Å². The fourth-order valence-corrected chi connectivity index (χ4v) is 2.56. The zero-order valence-corrected chi connectivity index (χ0v) is 11.4. The molecule has 1 N–H and O–H groups in total. The number of hydrogen-bond donors (Lipinski definition) is 1. The van der Waals surface area contributed by atoms with Crippen molar-refractivity contribution < 1.29 is 0 Å². The standard InChI is InChI=1S/C14H19N5/c1-3-10-9-11(4-2)19-14(16-10)17-13(18-19)12-7-5-6-8-15-12/h5-8,10-11H,3-4,9H2,1-2H3,(H,16,17,18). The van der Waals surface area contributed by atoms with Crippen LogP contribution in [-0.2, 0) is 0 Å². The van der Waals surface area contributed by atoms with Gasteiger partial charge in [0.15, 0.2) is 0 Å². The minimum absolute atomic E-state index is 0.436. The first-order valence-corrected chi connectivity index (χ1v) is 6.96. The third-order valence-corrected chi connectivity index (χ3v) is 3.72. The van der Waals surface area contributed by atoms with Gasteiger partial charge in [0.2, 0.25) is 11.8 Å². The molecule has 0 aromatic carbocycles. The van der Waals surface area contributed by atoms with Crippen LogP contribution < -0.4 is 5.32 Å². The summed E-state index contributed by atoms with van der Waals surface area (Å²) in [5.41, 5.74) is 0.828. The van der Waals surface area contributed by atoms with Crippen molar-refractivity contribution in [2.45, 2.75) is 45.2 Å². The molecule has 1 aliphatic rings. The lowest BCUT2D eigenvalue weighted by atomic mass is 10.0. The minimum atomic E-state index is 0.436. The zero-order chi connectivity index (χ0) is 13.2. The summed E-state index contributed by atoms with van der Waals surface area (Å²) in [5.74, 6) is 1.59. The average Bonchev–Trinajstić information content (AvgIpc) is 2.91. The van der Waals surface area contributed by atoms with Gasteiger partial charge in [-0.05, 0) is 31.4 Å². The summed E-state index contributed by atoms with van der Waals surface area (Å²) in [5, 5.41) is 8.09. The molecule has 2 atom stereocenters. The highest BCUT2D eigenvalue weighted by Crippen LogP contribution is 2.30. The predicted molar refractivity (Wildman–Crippen MR) is 74.9 cm³/mol. The van der Waals surface area contributed by atoms with E-state index in [1.165, 1.54) is 0 Å². The number of hydrogen-bond acceptors (Lipinski definition) is 4. The summed E-state index contributed by atoms with van der Waals surface area (Å²) in [6.45, 7) is 4.41. The molecule has 0 bridgehead atoms. The van der Waals surface area contributed by atoms with Gasteiger partial charge >= 0.3 is 0 Å². The van der Waals surface area contributed by atoms with Crippen LogP contribution in [-0.4, -0.2) is 25.8 Å². The second-order valence-corrected chi connectivity index (χ2v) is 4.97. The molecule has 3 heterocycles. The molecule has 0 saturated heterocycles. The first kappa shape index (κ1) is 12.1. The molecule has 100 valence electrons. The summed E-state index contributed by atoms with van der Waals surface area (Å²) in [7, 11) is 0.